The van der Waals surface area contributed by atoms with Crippen LogP contribution in [0.2, 0.25) is 0 Å². The highest BCUT2D eigenvalue weighted by Crippen LogP contribution is 2.49. The van der Waals surface area contributed by atoms with Gasteiger partial charge in [-0.2, -0.15) is 0 Å². The molecule has 1 atom stereocenters. The molecule has 3 fully saturated rings. The second kappa shape index (κ2) is 6.40. The summed E-state index contributed by atoms with van der Waals surface area (Å²) in [4.78, 5) is 5.19. The maximum absolute atomic E-state index is 6.85. The lowest BCUT2D eigenvalue weighted by atomic mass is 9.89. The van der Waals surface area contributed by atoms with Crippen molar-refractivity contribution in [2.75, 3.05) is 31.1 Å². The number of rotatable bonds is 3. The van der Waals surface area contributed by atoms with Crippen LogP contribution in [0.15, 0.2) is 60.7 Å². The molecule has 0 amide bonds. The number of benzene rings is 2. The molecule has 0 N–H and O–H groups in total. The topological polar surface area (TPSA) is 15.7 Å². The Kier molecular flexibility index (Phi) is 4.02. The zero-order valence-electron chi connectivity index (χ0n) is 15.4. The van der Waals surface area contributed by atoms with Crippen molar-refractivity contribution in [3.05, 3.63) is 66.2 Å². The minimum Gasteiger partial charge on any atom is -0.366 e. The maximum Gasteiger partial charge on any atom is 0.0991 e. The Morgan fingerprint density at radius 1 is 0.769 bits per heavy atom. The summed E-state index contributed by atoms with van der Waals surface area (Å²) in [6.45, 7) is 5.33. The van der Waals surface area contributed by atoms with Gasteiger partial charge in [0.15, 0.2) is 0 Å². The molecule has 0 bridgehead atoms. The Bertz CT molecular complexity index is 743. The number of morpholine rings is 1. The third-order valence-electron chi connectivity index (χ3n) is 6.19. The lowest BCUT2D eigenvalue weighted by Gasteiger charge is -2.52. The Morgan fingerprint density at radius 3 is 2.19 bits per heavy atom. The van der Waals surface area contributed by atoms with E-state index in [9.17, 15) is 0 Å². The van der Waals surface area contributed by atoms with Crippen LogP contribution in [-0.2, 0) is 11.3 Å². The summed E-state index contributed by atoms with van der Waals surface area (Å²) in [6, 6.07) is 21.8. The van der Waals surface area contributed by atoms with Crippen LogP contribution in [0, 0.1) is 0 Å². The first-order valence-corrected chi connectivity index (χ1v) is 10.0. The van der Waals surface area contributed by atoms with Crippen LogP contribution in [0.5, 0.6) is 0 Å². The van der Waals surface area contributed by atoms with Gasteiger partial charge in [0.2, 0.25) is 0 Å². The van der Waals surface area contributed by atoms with Crippen molar-refractivity contribution >= 4 is 5.69 Å². The molecule has 1 aliphatic carbocycles. The van der Waals surface area contributed by atoms with E-state index < -0.39 is 0 Å². The van der Waals surface area contributed by atoms with Crippen molar-refractivity contribution in [1.82, 2.24) is 4.90 Å². The van der Waals surface area contributed by atoms with Gasteiger partial charge in [0.1, 0.15) is 0 Å². The summed E-state index contributed by atoms with van der Waals surface area (Å²) in [5, 5.41) is 0. The Balaban J connectivity index is 1.36. The van der Waals surface area contributed by atoms with Gasteiger partial charge in [-0.25, -0.2) is 0 Å². The third-order valence-corrected chi connectivity index (χ3v) is 6.19. The highest BCUT2D eigenvalue weighted by molar-refractivity contribution is 5.48. The van der Waals surface area contributed by atoms with E-state index in [0.717, 1.165) is 26.2 Å². The molecular weight excluding hydrogens is 320 g/mol. The smallest absolute Gasteiger partial charge is 0.0991 e. The predicted molar refractivity (Wildman–Crippen MR) is 105 cm³/mol. The maximum atomic E-state index is 6.85. The molecule has 3 heteroatoms. The number of piperidine rings is 1. The molecule has 2 spiro atoms. The summed E-state index contributed by atoms with van der Waals surface area (Å²) in [7, 11) is 0. The average Bonchev–Trinajstić information content (AvgIpc) is 3.41. The molecule has 2 heterocycles. The minimum atomic E-state index is -0.0162. The lowest BCUT2D eigenvalue weighted by Crippen LogP contribution is -2.63. The number of para-hydroxylation sites is 1. The highest BCUT2D eigenvalue weighted by Gasteiger charge is 2.56. The molecule has 26 heavy (non-hydrogen) atoms. The summed E-state index contributed by atoms with van der Waals surface area (Å²) >= 11 is 0. The Labute approximate surface area is 156 Å². The number of hydrogen-bond acceptors (Lipinski definition) is 3. The second-order valence-electron chi connectivity index (χ2n) is 8.46. The lowest BCUT2D eigenvalue weighted by molar-refractivity contribution is -0.150. The normalized spacial score (nSPS) is 27.8. The van der Waals surface area contributed by atoms with Gasteiger partial charge in [-0.3, -0.25) is 4.90 Å². The summed E-state index contributed by atoms with van der Waals surface area (Å²) < 4.78 is 6.85. The summed E-state index contributed by atoms with van der Waals surface area (Å²) in [6.07, 6.45) is 4.85. The minimum absolute atomic E-state index is 0.0162. The van der Waals surface area contributed by atoms with Gasteiger partial charge >= 0.3 is 0 Å². The van der Waals surface area contributed by atoms with Crippen LogP contribution in [-0.4, -0.2) is 42.3 Å². The van der Waals surface area contributed by atoms with Crippen LogP contribution in [0.4, 0.5) is 5.69 Å². The van der Waals surface area contributed by atoms with E-state index in [2.05, 4.69) is 70.5 Å². The van der Waals surface area contributed by atoms with E-state index >= 15 is 0 Å². The van der Waals surface area contributed by atoms with Crippen molar-refractivity contribution in [1.29, 1.82) is 0 Å². The first-order chi connectivity index (χ1) is 12.7. The molecule has 2 aromatic rings. The monoisotopic (exact) mass is 348 g/mol. The number of nitrogens with zero attached hydrogens (tertiary/aromatic N) is 2. The molecule has 0 radical (unpaired) electrons. The first kappa shape index (κ1) is 16.3. The van der Waals surface area contributed by atoms with Crippen molar-refractivity contribution in [3.63, 3.8) is 0 Å². The van der Waals surface area contributed by atoms with Crippen molar-refractivity contribution in [2.24, 2.45) is 0 Å². The molecule has 2 saturated heterocycles. The van der Waals surface area contributed by atoms with Gasteiger partial charge < -0.3 is 9.64 Å². The van der Waals surface area contributed by atoms with Crippen LogP contribution in [0.1, 0.15) is 31.2 Å². The number of likely N-dealkylation sites (tertiary alicyclic amines) is 1. The number of anilines is 1. The summed E-state index contributed by atoms with van der Waals surface area (Å²) in [5.74, 6) is 0. The van der Waals surface area contributed by atoms with E-state index in [1.54, 1.807) is 0 Å². The molecule has 5 rings (SSSR count). The SMILES string of the molecule is c1ccc(CN2CCCC3(C2)CN(c2ccccc2)CC2(CC2)O3)cc1. The van der Waals surface area contributed by atoms with E-state index in [1.807, 2.05) is 0 Å². The van der Waals surface area contributed by atoms with Crippen LogP contribution in [0.25, 0.3) is 0 Å². The molecule has 1 unspecified atom stereocenters. The van der Waals surface area contributed by atoms with Crippen molar-refractivity contribution in [2.45, 2.75) is 43.4 Å². The largest absolute Gasteiger partial charge is 0.366 e. The fourth-order valence-corrected chi connectivity index (χ4v) is 4.88. The predicted octanol–water partition coefficient (Wildman–Crippen LogP) is 4.09. The van der Waals surface area contributed by atoms with Crippen LogP contribution < -0.4 is 4.90 Å². The van der Waals surface area contributed by atoms with Gasteiger partial charge in [0.25, 0.3) is 0 Å². The second-order valence-corrected chi connectivity index (χ2v) is 8.46. The van der Waals surface area contributed by atoms with Crippen molar-refractivity contribution < 1.29 is 4.74 Å². The van der Waals surface area contributed by atoms with Gasteiger partial charge in [-0.15, -0.1) is 0 Å². The molecular formula is C23H28N2O. The standard InChI is InChI=1S/C23H28N2O/c1-3-8-20(9-4-1)16-24-15-7-12-23(17-24)19-25(18-22(26-23)13-14-22)21-10-5-2-6-11-21/h1-6,8-11H,7,12-19H2. The first-order valence-electron chi connectivity index (χ1n) is 10.0. The zero-order chi connectivity index (χ0) is 17.5. The van der Waals surface area contributed by atoms with E-state index in [-0.39, 0.29) is 11.2 Å². The van der Waals surface area contributed by atoms with Gasteiger partial charge in [0.05, 0.1) is 11.2 Å². The molecule has 0 aromatic heterocycles. The third kappa shape index (κ3) is 3.26. The van der Waals surface area contributed by atoms with Crippen LogP contribution >= 0.6 is 0 Å². The van der Waals surface area contributed by atoms with E-state index in [1.165, 1.54) is 43.5 Å². The molecule has 3 nitrogen and oxygen atoms in total. The zero-order valence-corrected chi connectivity index (χ0v) is 15.4. The molecule has 136 valence electrons. The fourth-order valence-electron chi connectivity index (χ4n) is 4.88. The van der Waals surface area contributed by atoms with Gasteiger partial charge in [0, 0.05) is 31.9 Å². The summed E-state index contributed by atoms with van der Waals surface area (Å²) in [5.41, 5.74) is 2.85. The Hall–Kier alpha value is -1.84. The van der Waals surface area contributed by atoms with Crippen molar-refractivity contribution in [3.8, 4) is 0 Å². The van der Waals surface area contributed by atoms with E-state index in [0.29, 0.717) is 0 Å². The Morgan fingerprint density at radius 2 is 1.46 bits per heavy atom. The highest BCUT2D eigenvalue weighted by atomic mass is 16.5. The quantitative estimate of drug-likeness (QED) is 0.831. The number of ether oxygens (including phenoxy) is 1. The van der Waals surface area contributed by atoms with Gasteiger partial charge in [-0.05, 0) is 49.9 Å². The van der Waals surface area contributed by atoms with Crippen LogP contribution in [0.3, 0.4) is 0 Å². The molecule has 1 saturated carbocycles. The average molecular weight is 348 g/mol. The molecule has 2 aromatic carbocycles. The van der Waals surface area contributed by atoms with Gasteiger partial charge in [-0.1, -0.05) is 48.5 Å². The van der Waals surface area contributed by atoms with E-state index in [4.69, 9.17) is 4.74 Å². The molecule has 2 aliphatic heterocycles. The molecule has 3 aliphatic rings. The number of hydrogen-bond donors (Lipinski definition) is 0. The fraction of sp³-hybridized carbons (Fsp3) is 0.478.